The Kier molecular flexibility index (Phi) is 5.68. The first kappa shape index (κ1) is 25.0. The molecule has 0 radical (unpaired) electrons. The highest BCUT2D eigenvalue weighted by molar-refractivity contribution is 7.25. The molecule has 206 valence electrons. The third-order valence-corrected chi connectivity index (χ3v) is 9.59. The molecule has 0 atom stereocenters. The summed E-state index contributed by atoms with van der Waals surface area (Å²) in [5.74, 6) is 0.660. The number of aromatic nitrogens is 3. The summed E-state index contributed by atoms with van der Waals surface area (Å²) in [6.45, 7) is 0. The SMILES string of the molecule is c1ccc(-c2cc(-c3ccccc3)nc(-n3c4ccccc4c4ccc(-c5ccc6sc7ccccc7c6c5)cc43)n2)cc1. The van der Waals surface area contributed by atoms with Crippen molar-refractivity contribution in [3.05, 3.63) is 152 Å². The van der Waals surface area contributed by atoms with Crippen LogP contribution < -0.4 is 0 Å². The van der Waals surface area contributed by atoms with Gasteiger partial charge in [-0.3, -0.25) is 4.57 Å². The van der Waals surface area contributed by atoms with Gasteiger partial charge >= 0.3 is 0 Å². The molecule has 9 aromatic rings. The van der Waals surface area contributed by atoms with E-state index in [1.807, 2.05) is 23.5 Å². The van der Waals surface area contributed by atoms with Crippen molar-refractivity contribution in [3.63, 3.8) is 0 Å². The number of hydrogen-bond acceptors (Lipinski definition) is 3. The maximum Gasteiger partial charge on any atom is 0.235 e. The summed E-state index contributed by atoms with van der Waals surface area (Å²) < 4.78 is 4.86. The van der Waals surface area contributed by atoms with E-state index in [0.717, 1.165) is 33.5 Å². The summed E-state index contributed by atoms with van der Waals surface area (Å²) in [5, 5.41) is 4.98. The lowest BCUT2D eigenvalue weighted by Gasteiger charge is -2.12. The van der Waals surface area contributed by atoms with Crippen LogP contribution in [-0.2, 0) is 0 Å². The van der Waals surface area contributed by atoms with Crippen molar-refractivity contribution in [3.8, 4) is 39.6 Å². The zero-order valence-electron chi connectivity index (χ0n) is 23.7. The Morgan fingerprint density at radius 2 is 0.955 bits per heavy atom. The molecule has 3 heterocycles. The molecule has 0 aliphatic rings. The molecule has 0 saturated heterocycles. The average Bonchev–Trinajstić information content (AvgIpc) is 3.64. The van der Waals surface area contributed by atoms with Crippen LogP contribution in [0.3, 0.4) is 0 Å². The lowest BCUT2D eigenvalue weighted by atomic mass is 10.0. The molecule has 0 unspecified atom stereocenters. The lowest BCUT2D eigenvalue weighted by molar-refractivity contribution is 0.996. The monoisotopic (exact) mass is 579 g/mol. The van der Waals surface area contributed by atoms with Crippen molar-refractivity contribution in [1.29, 1.82) is 0 Å². The maximum absolute atomic E-state index is 5.20. The number of fused-ring (bicyclic) bond motifs is 6. The lowest BCUT2D eigenvalue weighted by Crippen LogP contribution is -2.04. The zero-order chi connectivity index (χ0) is 29.0. The third kappa shape index (κ3) is 4.03. The number of rotatable bonds is 4. The van der Waals surface area contributed by atoms with Gasteiger partial charge in [0.2, 0.25) is 5.95 Å². The average molecular weight is 580 g/mol. The number of thiophene rings is 1. The standard InChI is InChI=1S/C40H25N3S/c1-3-11-26(12-4-1)34-25-35(27-13-5-2-6-14-27)42-40(41-34)43-36-17-9-7-15-30(36)31-21-19-29(24-37(31)43)28-20-22-39-33(23-28)32-16-8-10-18-38(32)44-39/h1-25H. The Morgan fingerprint density at radius 3 is 1.70 bits per heavy atom. The van der Waals surface area contributed by atoms with Crippen LogP contribution in [0.1, 0.15) is 0 Å². The van der Waals surface area contributed by atoms with Crippen LogP contribution in [0, 0.1) is 0 Å². The van der Waals surface area contributed by atoms with Crippen molar-refractivity contribution in [1.82, 2.24) is 14.5 Å². The van der Waals surface area contributed by atoms with Gasteiger partial charge < -0.3 is 0 Å². The fourth-order valence-electron chi connectivity index (χ4n) is 6.32. The van der Waals surface area contributed by atoms with E-state index in [-0.39, 0.29) is 0 Å². The van der Waals surface area contributed by atoms with Gasteiger partial charge in [0.1, 0.15) is 0 Å². The number of benzene rings is 6. The summed E-state index contributed by atoms with van der Waals surface area (Å²) in [6, 6.07) is 53.6. The van der Waals surface area contributed by atoms with Crippen LogP contribution in [0.15, 0.2) is 152 Å². The highest BCUT2D eigenvalue weighted by Gasteiger charge is 2.18. The molecule has 4 heteroatoms. The van der Waals surface area contributed by atoms with Crippen molar-refractivity contribution in [2.75, 3.05) is 0 Å². The van der Waals surface area contributed by atoms with Crippen LogP contribution in [0.2, 0.25) is 0 Å². The molecular formula is C40H25N3S. The van der Waals surface area contributed by atoms with E-state index in [9.17, 15) is 0 Å². The molecule has 3 nitrogen and oxygen atoms in total. The van der Waals surface area contributed by atoms with Crippen molar-refractivity contribution < 1.29 is 0 Å². The molecule has 0 amide bonds. The van der Waals surface area contributed by atoms with Gasteiger partial charge in [0.15, 0.2) is 0 Å². The van der Waals surface area contributed by atoms with E-state index < -0.39 is 0 Å². The quantitative estimate of drug-likeness (QED) is 0.208. The smallest absolute Gasteiger partial charge is 0.235 e. The minimum atomic E-state index is 0.660. The molecule has 0 spiro atoms. The predicted octanol–water partition coefficient (Wildman–Crippen LogP) is 10.9. The highest BCUT2D eigenvalue weighted by atomic mass is 32.1. The summed E-state index contributed by atoms with van der Waals surface area (Å²) in [5.41, 5.74) is 8.45. The molecule has 0 N–H and O–H groups in total. The van der Waals surface area contributed by atoms with Gasteiger partial charge in [-0.1, -0.05) is 115 Å². The molecule has 9 rings (SSSR count). The second-order valence-corrected chi connectivity index (χ2v) is 12.1. The van der Waals surface area contributed by atoms with E-state index in [2.05, 4.69) is 144 Å². The third-order valence-electron chi connectivity index (χ3n) is 8.44. The van der Waals surface area contributed by atoms with Crippen LogP contribution in [-0.4, -0.2) is 14.5 Å². The Labute approximate surface area is 258 Å². The van der Waals surface area contributed by atoms with Crippen LogP contribution in [0.5, 0.6) is 0 Å². The first-order valence-corrected chi connectivity index (χ1v) is 15.6. The second-order valence-electron chi connectivity index (χ2n) is 11.1. The van der Waals surface area contributed by atoms with Crippen molar-refractivity contribution in [2.24, 2.45) is 0 Å². The molecule has 0 fully saturated rings. The van der Waals surface area contributed by atoms with Gasteiger partial charge in [-0.05, 0) is 47.5 Å². The highest BCUT2D eigenvalue weighted by Crippen LogP contribution is 2.39. The molecule has 0 saturated carbocycles. The fraction of sp³-hybridized carbons (Fsp3) is 0. The number of para-hydroxylation sites is 1. The van der Waals surface area contributed by atoms with E-state index in [1.165, 1.54) is 42.1 Å². The maximum atomic E-state index is 5.20. The van der Waals surface area contributed by atoms with E-state index in [1.54, 1.807) is 0 Å². The topological polar surface area (TPSA) is 30.7 Å². The summed E-state index contributed by atoms with van der Waals surface area (Å²) in [6.07, 6.45) is 0. The summed E-state index contributed by atoms with van der Waals surface area (Å²) in [7, 11) is 0. The zero-order valence-corrected chi connectivity index (χ0v) is 24.5. The summed E-state index contributed by atoms with van der Waals surface area (Å²) in [4.78, 5) is 10.4. The fourth-order valence-corrected chi connectivity index (χ4v) is 7.41. The predicted molar refractivity (Wildman–Crippen MR) is 186 cm³/mol. The van der Waals surface area contributed by atoms with Crippen molar-refractivity contribution >= 4 is 53.3 Å². The normalized spacial score (nSPS) is 11.6. The second kappa shape index (κ2) is 10.0. The van der Waals surface area contributed by atoms with Gasteiger partial charge in [0.05, 0.1) is 22.4 Å². The van der Waals surface area contributed by atoms with Crippen molar-refractivity contribution in [2.45, 2.75) is 0 Å². The number of nitrogens with zero attached hydrogens (tertiary/aromatic N) is 3. The molecule has 0 aliphatic carbocycles. The van der Waals surface area contributed by atoms with Crippen LogP contribution in [0.25, 0.3) is 81.6 Å². The van der Waals surface area contributed by atoms with Crippen LogP contribution in [0.4, 0.5) is 0 Å². The van der Waals surface area contributed by atoms with Crippen LogP contribution >= 0.6 is 11.3 Å². The molecule has 3 aromatic heterocycles. The molecule has 0 bridgehead atoms. The Hall–Kier alpha value is -5.58. The first-order valence-electron chi connectivity index (χ1n) is 14.8. The van der Waals surface area contributed by atoms with Gasteiger partial charge in [-0.2, -0.15) is 0 Å². The van der Waals surface area contributed by atoms with E-state index in [4.69, 9.17) is 9.97 Å². The van der Waals surface area contributed by atoms with E-state index >= 15 is 0 Å². The minimum absolute atomic E-state index is 0.660. The largest absolute Gasteiger partial charge is 0.278 e. The Balaban J connectivity index is 1.30. The number of hydrogen-bond donors (Lipinski definition) is 0. The minimum Gasteiger partial charge on any atom is -0.278 e. The Bertz CT molecular complexity index is 2430. The van der Waals surface area contributed by atoms with Gasteiger partial charge in [0.25, 0.3) is 0 Å². The molecule has 6 aromatic carbocycles. The molecule has 0 aliphatic heterocycles. The molecule has 44 heavy (non-hydrogen) atoms. The van der Waals surface area contributed by atoms with Gasteiger partial charge in [-0.25, -0.2) is 9.97 Å². The summed E-state index contributed by atoms with van der Waals surface area (Å²) >= 11 is 1.85. The first-order chi connectivity index (χ1) is 21.8. The Morgan fingerprint density at radius 1 is 0.386 bits per heavy atom. The van der Waals surface area contributed by atoms with Gasteiger partial charge in [0, 0.05) is 42.1 Å². The molecular weight excluding hydrogens is 555 g/mol. The van der Waals surface area contributed by atoms with Gasteiger partial charge in [-0.15, -0.1) is 11.3 Å². The van der Waals surface area contributed by atoms with E-state index in [0.29, 0.717) is 5.95 Å².